The molecule has 2 aromatic carbocycles. The van der Waals surface area contributed by atoms with Crippen LogP contribution < -0.4 is 0 Å². The first-order valence-corrected chi connectivity index (χ1v) is 11.7. The third-order valence-corrected chi connectivity index (χ3v) is 6.08. The van der Waals surface area contributed by atoms with E-state index in [0.717, 1.165) is 11.1 Å². The number of methoxy groups -OCH3 is 1. The van der Waals surface area contributed by atoms with Gasteiger partial charge in [0.1, 0.15) is 5.75 Å². The van der Waals surface area contributed by atoms with E-state index in [4.69, 9.17) is 9.82 Å². The van der Waals surface area contributed by atoms with Gasteiger partial charge in [0.05, 0.1) is 42.5 Å². The van der Waals surface area contributed by atoms with Crippen molar-refractivity contribution in [3.63, 3.8) is 0 Å². The number of pyridine rings is 1. The van der Waals surface area contributed by atoms with Crippen molar-refractivity contribution in [1.82, 2.24) is 25.1 Å². The number of aromatic nitrogens is 3. The molecule has 4 aromatic rings. The molecular formula is C27H25N5O5. The van der Waals surface area contributed by atoms with Gasteiger partial charge in [-0.2, -0.15) is 5.10 Å². The number of hydroxylamine groups is 2. The molecule has 10 heteroatoms. The number of benzene rings is 2. The Morgan fingerprint density at radius 3 is 2.43 bits per heavy atom. The van der Waals surface area contributed by atoms with Crippen molar-refractivity contribution in [2.75, 3.05) is 33.3 Å². The predicted molar refractivity (Wildman–Crippen MR) is 137 cm³/mol. The highest BCUT2D eigenvalue weighted by Crippen LogP contribution is 2.29. The minimum Gasteiger partial charge on any atom is -0.508 e. The molecule has 1 amide bonds. The van der Waals surface area contributed by atoms with Gasteiger partial charge in [-0.3, -0.25) is 9.89 Å². The monoisotopic (exact) mass is 499 g/mol. The highest BCUT2D eigenvalue weighted by molar-refractivity contribution is 6.09. The summed E-state index contributed by atoms with van der Waals surface area (Å²) >= 11 is 0. The maximum atomic E-state index is 13.8. The van der Waals surface area contributed by atoms with Crippen LogP contribution in [0, 0.1) is 0 Å². The molecule has 37 heavy (non-hydrogen) atoms. The van der Waals surface area contributed by atoms with E-state index in [2.05, 4.69) is 14.9 Å². The molecule has 0 bridgehead atoms. The van der Waals surface area contributed by atoms with Crippen LogP contribution >= 0.6 is 0 Å². The molecule has 1 saturated heterocycles. The lowest BCUT2D eigenvalue weighted by atomic mass is 10.0. The topological polar surface area (TPSA) is 121 Å². The Bertz CT molecular complexity index is 1440. The first-order valence-electron chi connectivity index (χ1n) is 11.7. The molecule has 2 N–H and O–H groups in total. The minimum atomic E-state index is -0.789. The van der Waals surface area contributed by atoms with Crippen molar-refractivity contribution >= 4 is 35.2 Å². The Morgan fingerprint density at radius 1 is 1.00 bits per heavy atom. The van der Waals surface area contributed by atoms with Gasteiger partial charge in [0, 0.05) is 18.7 Å². The van der Waals surface area contributed by atoms with E-state index in [1.165, 1.54) is 12.2 Å². The first-order chi connectivity index (χ1) is 18.0. The average Bonchev–Trinajstić information content (AvgIpc) is 3.35. The van der Waals surface area contributed by atoms with Gasteiger partial charge in [0.2, 0.25) is 0 Å². The zero-order chi connectivity index (χ0) is 25.8. The zero-order valence-electron chi connectivity index (χ0n) is 20.1. The molecule has 0 atom stereocenters. The van der Waals surface area contributed by atoms with Gasteiger partial charge in [-0.1, -0.05) is 36.4 Å². The van der Waals surface area contributed by atoms with E-state index in [-0.39, 0.29) is 11.7 Å². The molecule has 5 rings (SSSR count). The maximum absolute atomic E-state index is 13.8. The number of phenols is 1. The lowest BCUT2D eigenvalue weighted by molar-refractivity contribution is -0.139. The Kier molecular flexibility index (Phi) is 6.82. The molecule has 1 fully saturated rings. The summed E-state index contributed by atoms with van der Waals surface area (Å²) in [5.74, 6) is -0.0380. The molecule has 0 spiro atoms. The van der Waals surface area contributed by atoms with Crippen LogP contribution in [0.3, 0.4) is 0 Å². The number of rotatable bonds is 5. The molecule has 0 unspecified atom stereocenters. The van der Waals surface area contributed by atoms with Crippen LogP contribution in [0.1, 0.15) is 21.6 Å². The molecule has 3 heterocycles. The van der Waals surface area contributed by atoms with Gasteiger partial charge >= 0.3 is 6.16 Å². The van der Waals surface area contributed by atoms with Crippen molar-refractivity contribution in [3.05, 3.63) is 77.5 Å². The highest BCUT2D eigenvalue weighted by atomic mass is 16.8. The SMILES string of the molecule is COC(=O)ON1CCN(C(=O)c2cc(-c3ccc(O)cc3)nc3[nH]nc(/C=C/c4ccccc4)c23)CC1. The van der Waals surface area contributed by atoms with Gasteiger partial charge in [-0.15, -0.1) is 5.06 Å². The van der Waals surface area contributed by atoms with Gasteiger partial charge in [-0.25, -0.2) is 9.78 Å². The van der Waals surface area contributed by atoms with Crippen molar-refractivity contribution in [2.45, 2.75) is 0 Å². The van der Waals surface area contributed by atoms with E-state index in [0.29, 0.717) is 54.2 Å². The van der Waals surface area contributed by atoms with Crippen LogP contribution in [-0.4, -0.2) is 75.6 Å². The smallest absolute Gasteiger partial charge is 0.508 e. The van der Waals surface area contributed by atoms with Crippen molar-refractivity contribution in [2.24, 2.45) is 0 Å². The molecule has 10 nitrogen and oxygen atoms in total. The number of fused-ring (bicyclic) bond motifs is 1. The average molecular weight is 500 g/mol. The summed E-state index contributed by atoms with van der Waals surface area (Å²) in [6.45, 7) is 1.43. The fraction of sp³-hybridized carbons (Fsp3) is 0.185. The van der Waals surface area contributed by atoms with Crippen LogP contribution in [0.25, 0.3) is 34.4 Å². The van der Waals surface area contributed by atoms with Crippen LogP contribution in [0.15, 0.2) is 60.7 Å². The molecule has 188 valence electrons. The second-order valence-corrected chi connectivity index (χ2v) is 8.45. The fourth-order valence-electron chi connectivity index (χ4n) is 4.16. The normalized spacial score (nSPS) is 14.2. The Labute approximate surface area is 212 Å². The lowest BCUT2D eigenvalue weighted by Gasteiger charge is -2.33. The number of carbonyl (C=O) groups is 2. The number of carbonyl (C=O) groups excluding carboxylic acids is 2. The summed E-state index contributed by atoms with van der Waals surface area (Å²) < 4.78 is 4.54. The standard InChI is InChI=1S/C27H25N5O5/c1-36-27(35)37-32-15-13-31(14-16-32)26(34)21-17-23(19-8-10-20(33)11-9-19)28-25-24(21)22(29-30-25)12-7-18-5-3-2-4-6-18/h2-12,17,33H,13-16H2,1H3,(H,28,29,30)/b12-7+. The number of amides is 1. The highest BCUT2D eigenvalue weighted by Gasteiger charge is 2.27. The van der Waals surface area contributed by atoms with Gasteiger partial charge in [0.25, 0.3) is 5.91 Å². The number of H-pyrrole nitrogens is 1. The first kappa shape index (κ1) is 24.0. The van der Waals surface area contributed by atoms with Crippen molar-refractivity contribution < 1.29 is 24.3 Å². The van der Waals surface area contributed by atoms with Crippen LogP contribution in [0.5, 0.6) is 5.75 Å². The van der Waals surface area contributed by atoms with Crippen LogP contribution in [0.4, 0.5) is 4.79 Å². The molecule has 0 aliphatic carbocycles. The Hall–Kier alpha value is -4.70. The van der Waals surface area contributed by atoms with Crippen molar-refractivity contribution in [3.8, 4) is 17.0 Å². The van der Waals surface area contributed by atoms with E-state index in [1.807, 2.05) is 42.5 Å². The third kappa shape index (κ3) is 5.29. The number of hydrogen-bond acceptors (Lipinski definition) is 8. The molecule has 1 aliphatic rings. The summed E-state index contributed by atoms with van der Waals surface area (Å²) in [6.07, 6.45) is 3.00. The number of phenolic OH excluding ortho intramolecular Hbond substituents is 1. The fourth-order valence-corrected chi connectivity index (χ4v) is 4.16. The summed E-state index contributed by atoms with van der Waals surface area (Å²) in [5.41, 5.74) is 3.86. The number of hydrogen-bond donors (Lipinski definition) is 2. The minimum absolute atomic E-state index is 0.142. The van der Waals surface area contributed by atoms with Gasteiger partial charge in [0.15, 0.2) is 5.65 Å². The summed E-state index contributed by atoms with van der Waals surface area (Å²) in [6, 6.07) is 18.2. The Morgan fingerprint density at radius 2 is 1.73 bits per heavy atom. The van der Waals surface area contributed by atoms with Gasteiger partial charge in [-0.05, 0) is 42.0 Å². The summed E-state index contributed by atoms with van der Waals surface area (Å²) in [5, 5.41) is 19.2. The van der Waals surface area contributed by atoms with Crippen LogP contribution in [-0.2, 0) is 9.57 Å². The molecule has 0 saturated carbocycles. The van der Waals surface area contributed by atoms with Crippen LogP contribution in [0.2, 0.25) is 0 Å². The molecule has 2 aromatic heterocycles. The van der Waals surface area contributed by atoms with E-state index in [9.17, 15) is 14.7 Å². The lowest BCUT2D eigenvalue weighted by Crippen LogP contribution is -2.49. The largest absolute Gasteiger partial charge is 0.527 e. The predicted octanol–water partition coefficient (Wildman–Crippen LogP) is 3.96. The molecule has 1 aliphatic heterocycles. The number of nitrogens with one attached hydrogen (secondary N) is 1. The third-order valence-electron chi connectivity index (χ3n) is 6.08. The van der Waals surface area contributed by atoms with Crippen molar-refractivity contribution in [1.29, 1.82) is 0 Å². The Balaban J connectivity index is 1.51. The maximum Gasteiger partial charge on any atom is 0.527 e. The quantitative estimate of drug-likeness (QED) is 0.396. The number of aromatic hydroxyl groups is 1. The molecule has 0 radical (unpaired) electrons. The second-order valence-electron chi connectivity index (χ2n) is 8.45. The van der Waals surface area contributed by atoms with E-state index >= 15 is 0 Å². The van der Waals surface area contributed by atoms with Gasteiger partial charge < -0.3 is 19.6 Å². The summed E-state index contributed by atoms with van der Waals surface area (Å²) in [7, 11) is 1.25. The molecular weight excluding hydrogens is 474 g/mol. The summed E-state index contributed by atoms with van der Waals surface area (Å²) in [4.78, 5) is 36.7. The number of piperazine rings is 1. The second kappa shape index (κ2) is 10.5. The number of nitrogens with zero attached hydrogens (tertiary/aromatic N) is 4. The van der Waals surface area contributed by atoms with E-state index in [1.54, 1.807) is 35.2 Å². The number of aromatic amines is 1. The van der Waals surface area contributed by atoms with E-state index < -0.39 is 6.16 Å². The zero-order valence-corrected chi connectivity index (χ0v) is 20.1. The number of ether oxygens (including phenoxy) is 1.